The molecule has 0 aliphatic carbocycles. The van der Waals surface area contributed by atoms with Gasteiger partial charge in [-0.3, -0.25) is 9.62 Å². The van der Waals surface area contributed by atoms with Gasteiger partial charge in [-0.15, -0.1) is 5.10 Å². The molecule has 10 nitrogen and oxygen atoms in total. The first-order valence-electron chi connectivity index (χ1n) is 12.1. The lowest BCUT2D eigenvalue weighted by molar-refractivity contribution is -0.137. The van der Waals surface area contributed by atoms with Gasteiger partial charge in [0.1, 0.15) is 0 Å². The highest BCUT2D eigenvalue weighted by atomic mass is 32.2. The molecule has 202 valence electrons. The van der Waals surface area contributed by atoms with Crippen LogP contribution < -0.4 is 9.62 Å². The Morgan fingerprint density at radius 3 is 2.41 bits per heavy atom. The summed E-state index contributed by atoms with van der Waals surface area (Å²) in [6.07, 6.45) is -0.405. The highest BCUT2D eigenvalue weighted by molar-refractivity contribution is 7.92. The van der Waals surface area contributed by atoms with Crippen LogP contribution in [0.3, 0.4) is 0 Å². The molecule has 2 aromatic rings. The monoisotopic (exact) mass is 542 g/mol. The van der Waals surface area contributed by atoms with E-state index in [1.807, 2.05) is 4.90 Å². The van der Waals surface area contributed by atoms with E-state index in [0.717, 1.165) is 29.3 Å². The molecule has 2 bridgehead atoms. The Bertz CT molecular complexity index is 1240. The number of hydrogen-bond donors (Lipinski definition) is 1. The summed E-state index contributed by atoms with van der Waals surface area (Å²) < 4.78 is 73.2. The number of carbonyl (C=O) groups excluding carboxylic acids is 1. The number of nitrogens with one attached hydrogen (secondary N) is 1. The average Bonchev–Trinajstić information content (AvgIpc) is 3.38. The van der Waals surface area contributed by atoms with Crippen molar-refractivity contribution in [1.29, 1.82) is 0 Å². The maximum atomic E-state index is 13.9. The van der Waals surface area contributed by atoms with Gasteiger partial charge in [-0.25, -0.2) is 13.2 Å². The Balaban J connectivity index is 1.24. The first kappa shape index (κ1) is 25.8. The normalized spacial score (nSPS) is 22.9. The van der Waals surface area contributed by atoms with Crippen molar-refractivity contribution in [3.63, 3.8) is 0 Å². The molecule has 1 amide bonds. The van der Waals surface area contributed by atoms with Crippen LogP contribution in [0, 0.1) is 0 Å². The number of alkyl halides is 3. The number of nitrogens with zero attached hydrogens (tertiary/aromatic N) is 5. The number of piperazine rings is 1. The van der Waals surface area contributed by atoms with Gasteiger partial charge in [-0.1, -0.05) is 6.07 Å². The summed E-state index contributed by atoms with van der Waals surface area (Å²) in [7, 11) is -3.50. The van der Waals surface area contributed by atoms with Crippen LogP contribution in [0.1, 0.15) is 24.0 Å². The topological polar surface area (TPSA) is 100 Å². The Hall–Kier alpha value is -2.84. The molecule has 3 aliphatic rings. The van der Waals surface area contributed by atoms with Crippen molar-refractivity contribution in [2.75, 3.05) is 55.3 Å². The van der Waals surface area contributed by atoms with Gasteiger partial charge in [-0.2, -0.15) is 17.9 Å². The Labute approximate surface area is 213 Å². The lowest BCUT2D eigenvalue weighted by atomic mass is 10.0. The number of carbonyl (C=O) groups is 1. The van der Waals surface area contributed by atoms with Gasteiger partial charge in [0.2, 0.25) is 10.0 Å². The van der Waals surface area contributed by atoms with E-state index >= 15 is 0 Å². The molecular formula is C23H29F3N6O4S. The number of halogens is 3. The summed E-state index contributed by atoms with van der Waals surface area (Å²) >= 11 is 0. The molecule has 3 fully saturated rings. The fourth-order valence-corrected chi connectivity index (χ4v) is 5.81. The number of sulfonamides is 1. The second-order valence-electron chi connectivity index (χ2n) is 9.74. The van der Waals surface area contributed by atoms with Crippen LogP contribution >= 0.6 is 0 Å². The quantitative estimate of drug-likeness (QED) is 0.620. The van der Waals surface area contributed by atoms with Crippen LogP contribution in [0.4, 0.5) is 29.5 Å². The van der Waals surface area contributed by atoms with Gasteiger partial charge < -0.3 is 14.5 Å². The van der Waals surface area contributed by atoms with Crippen molar-refractivity contribution in [3.8, 4) is 0 Å². The first-order chi connectivity index (χ1) is 17.5. The SMILES string of the molecule is CS(=O)(=O)Nc1ccn(C(=O)N2CCN(Cc3ccc(C(F)(F)F)c(N4C5CCC4COC5)c3)CC2)n1. The maximum absolute atomic E-state index is 13.9. The molecule has 2 unspecified atom stereocenters. The van der Waals surface area contributed by atoms with Crippen molar-refractivity contribution in [2.45, 2.75) is 37.6 Å². The second-order valence-corrected chi connectivity index (χ2v) is 11.5. The van der Waals surface area contributed by atoms with Gasteiger partial charge in [0.05, 0.1) is 37.1 Å². The fourth-order valence-electron chi connectivity index (χ4n) is 5.33. The average molecular weight is 543 g/mol. The molecule has 3 aliphatic heterocycles. The zero-order valence-electron chi connectivity index (χ0n) is 20.3. The molecule has 3 saturated heterocycles. The molecule has 0 radical (unpaired) electrons. The van der Waals surface area contributed by atoms with Crippen molar-refractivity contribution in [2.24, 2.45) is 0 Å². The molecule has 5 rings (SSSR count). The zero-order valence-corrected chi connectivity index (χ0v) is 21.1. The van der Waals surface area contributed by atoms with E-state index in [4.69, 9.17) is 4.74 Å². The van der Waals surface area contributed by atoms with Crippen LogP contribution in [0.25, 0.3) is 0 Å². The lowest BCUT2D eigenvalue weighted by Gasteiger charge is -2.38. The smallest absolute Gasteiger partial charge is 0.377 e. The summed E-state index contributed by atoms with van der Waals surface area (Å²) in [5.41, 5.74) is 0.401. The Morgan fingerprint density at radius 1 is 1.11 bits per heavy atom. The minimum absolute atomic E-state index is 0.0416. The van der Waals surface area contributed by atoms with Crippen LogP contribution in [-0.4, -0.2) is 91.8 Å². The highest BCUT2D eigenvalue weighted by Crippen LogP contribution is 2.42. The molecule has 2 atom stereocenters. The van der Waals surface area contributed by atoms with E-state index in [2.05, 4.69) is 14.7 Å². The second kappa shape index (κ2) is 9.80. The van der Waals surface area contributed by atoms with Crippen LogP contribution in [0.2, 0.25) is 0 Å². The third-order valence-electron chi connectivity index (χ3n) is 7.01. The predicted octanol–water partition coefficient (Wildman–Crippen LogP) is 2.43. The van der Waals surface area contributed by atoms with Crippen LogP contribution in [0.5, 0.6) is 0 Å². The number of hydrogen-bond acceptors (Lipinski definition) is 7. The molecule has 0 spiro atoms. The van der Waals surface area contributed by atoms with Crippen molar-refractivity contribution < 1.29 is 31.1 Å². The summed E-state index contributed by atoms with van der Waals surface area (Å²) in [6, 6.07) is 5.32. The van der Waals surface area contributed by atoms with Gasteiger partial charge in [0.15, 0.2) is 5.82 Å². The van der Waals surface area contributed by atoms with E-state index < -0.39 is 21.8 Å². The lowest BCUT2D eigenvalue weighted by Crippen LogP contribution is -2.49. The van der Waals surface area contributed by atoms with Crippen LogP contribution in [-0.2, 0) is 27.5 Å². The zero-order chi connectivity index (χ0) is 26.4. The number of benzene rings is 1. The van der Waals surface area contributed by atoms with Crippen molar-refractivity contribution in [1.82, 2.24) is 19.6 Å². The number of amides is 1. The molecule has 14 heteroatoms. The van der Waals surface area contributed by atoms with Gasteiger partial charge in [0, 0.05) is 50.7 Å². The molecule has 37 heavy (non-hydrogen) atoms. The fraction of sp³-hybridized carbons (Fsp3) is 0.565. The number of fused-ring (bicyclic) bond motifs is 2. The summed E-state index contributed by atoms with van der Waals surface area (Å²) in [6.45, 7) is 3.26. The van der Waals surface area contributed by atoms with E-state index in [0.29, 0.717) is 45.9 Å². The number of anilines is 2. The summed E-state index contributed by atoms with van der Waals surface area (Å²) in [5, 5.41) is 3.97. The third-order valence-corrected chi connectivity index (χ3v) is 7.59. The Morgan fingerprint density at radius 2 is 1.78 bits per heavy atom. The summed E-state index contributed by atoms with van der Waals surface area (Å²) in [4.78, 5) is 18.4. The molecule has 1 aromatic carbocycles. The molecule has 0 saturated carbocycles. The largest absolute Gasteiger partial charge is 0.418 e. The van der Waals surface area contributed by atoms with E-state index in [-0.39, 0.29) is 29.6 Å². The minimum Gasteiger partial charge on any atom is -0.377 e. The van der Waals surface area contributed by atoms with E-state index in [1.54, 1.807) is 11.0 Å². The van der Waals surface area contributed by atoms with Gasteiger partial charge >= 0.3 is 12.2 Å². The maximum Gasteiger partial charge on any atom is 0.418 e. The van der Waals surface area contributed by atoms with Gasteiger partial charge in [-0.05, 0) is 30.5 Å². The third kappa shape index (κ3) is 5.70. The molecule has 4 heterocycles. The summed E-state index contributed by atoms with van der Waals surface area (Å²) in [5.74, 6) is 0.0568. The Kier molecular flexibility index (Phi) is 6.83. The minimum atomic E-state index is -4.44. The van der Waals surface area contributed by atoms with Crippen molar-refractivity contribution in [3.05, 3.63) is 41.6 Å². The van der Waals surface area contributed by atoms with Gasteiger partial charge in [0.25, 0.3) is 0 Å². The number of aromatic nitrogens is 2. The van der Waals surface area contributed by atoms with E-state index in [1.165, 1.54) is 24.4 Å². The van der Waals surface area contributed by atoms with Crippen LogP contribution in [0.15, 0.2) is 30.5 Å². The number of ether oxygens (including phenoxy) is 1. The molecule has 1 N–H and O–H groups in total. The number of rotatable bonds is 5. The first-order valence-corrected chi connectivity index (χ1v) is 14.0. The number of morpholine rings is 1. The molecule has 1 aromatic heterocycles. The van der Waals surface area contributed by atoms with Crippen molar-refractivity contribution >= 4 is 27.6 Å². The highest BCUT2D eigenvalue weighted by Gasteiger charge is 2.42. The standard InChI is InChI=1S/C23H29F3N6O4S/c1-37(34,35)28-21-6-7-31(27-21)22(33)30-10-8-29(9-11-30)13-16-2-5-19(23(24,25)26)20(12-16)32-17-3-4-18(32)15-36-14-17/h2,5-7,12,17-18H,3-4,8-11,13-15H2,1H3,(H,27,28). The van der Waals surface area contributed by atoms with E-state index in [9.17, 15) is 26.4 Å². The molecular weight excluding hydrogens is 513 g/mol. The predicted molar refractivity (Wildman–Crippen MR) is 130 cm³/mol.